The molecule has 212 valence electrons. The van der Waals surface area contributed by atoms with Gasteiger partial charge < -0.3 is 19.7 Å². The number of phenols is 2. The fraction of sp³-hybridized carbons (Fsp3) is 0.0588. The summed E-state index contributed by atoms with van der Waals surface area (Å²) in [6, 6.07) is 24.5. The molecule has 0 heterocycles. The van der Waals surface area contributed by atoms with Crippen molar-refractivity contribution in [1.29, 1.82) is 0 Å². The Morgan fingerprint density at radius 1 is 0.476 bits per heavy atom. The van der Waals surface area contributed by atoms with Gasteiger partial charge in [0.1, 0.15) is 23.0 Å². The van der Waals surface area contributed by atoms with E-state index in [1.165, 1.54) is 48.5 Å². The lowest BCUT2D eigenvalue weighted by molar-refractivity contribution is -0.130. The third-order valence-corrected chi connectivity index (χ3v) is 5.61. The van der Waals surface area contributed by atoms with Crippen LogP contribution in [0.25, 0.3) is 0 Å². The van der Waals surface area contributed by atoms with Crippen molar-refractivity contribution in [2.45, 2.75) is 13.8 Å². The Morgan fingerprint density at radius 3 is 0.952 bits per heavy atom. The molecule has 0 fully saturated rings. The van der Waals surface area contributed by atoms with E-state index in [0.717, 1.165) is 0 Å². The highest BCUT2D eigenvalue weighted by Gasteiger charge is 2.12. The first-order valence-electron chi connectivity index (χ1n) is 12.6. The predicted octanol–water partition coefficient (Wildman–Crippen LogP) is 6.21. The molecule has 2 N–H and O–H groups in total. The standard InChI is InChI=1S/C21H18O5.C13H10O3/c1-13(2)20(23)25-17-9-5-15(6-10-17)19(22)16-7-11-18(12-8-16)26-21(24)14(3)4;14-11-5-1-9(2-6-11)13(16)10-3-7-12(15)8-4-10/h5-12H,1,3H2,2,4H3;1-8,14-15H. The highest BCUT2D eigenvalue weighted by Crippen LogP contribution is 2.20. The molecule has 4 aromatic carbocycles. The minimum atomic E-state index is -0.524. The molecule has 0 radical (unpaired) electrons. The lowest BCUT2D eigenvalue weighted by Crippen LogP contribution is -2.09. The van der Waals surface area contributed by atoms with Gasteiger partial charge in [-0.25, -0.2) is 9.59 Å². The molecule has 0 saturated heterocycles. The van der Waals surface area contributed by atoms with E-state index in [2.05, 4.69) is 13.2 Å². The van der Waals surface area contributed by atoms with E-state index >= 15 is 0 Å². The van der Waals surface area contributed by atoms with Crippen LogP contribution in [-0.4, -0.2) is 33.7 Å². The fourth-order valence-electron chi connectivity index (χ4n) is 3.30. The fourth-order valence-corrected chi connectivity index (χ4v) is 3.30. The Hall–Kier alpha value is -5.76. The molecule has 0 amide bonds. The molecular formula is C34H28O8. The van der Waals surface area contributed by atoms with Crippen LogP contribution in [0.3, 0.4) is 0 Å². The number of benzene rings is 4. The summed E-state index contributed by atoms with van der Waals surface area (Å²) in [5.41, 5.74) is 2.46. The molecule has 0 aromatic heterocycles. The van der Waals surface area contributed by atoms with Gasteiger partial charge in [-0.2, -0.15) is 0 Å². The largest absolute Gasteiger partial charge is 0.508 e. The summed E-state index contributed by atoms with van der Waals surface area (Å²) in [6.45, 7) is 10.1. The van der Waals surface area contributed by atoms with E-state index < -0.39 is 11.9 Å². The average Bonchev–Trinajstić information content (AvgIpc) is 2.98. The Morgan fingerprint density at radius 2 is 0.714 bits per heavy atom. The van der Waals surface area contributed by atoms with Gasteiger partial charge >= 0.3 is 11.9 Å². The molecule has 0 bridgehead atoms. The number of ether oxygens (including phenoxy) is 2. The van der Waals surface area contributed by atoms with Gasteiger partial charge in [0.2, 0.25) is 0 Å². The number of phenolic OH excluding ortho intramolecular Hbond substituents is 2. The monoisotopic (exact) mass is 564 g/mol. The zero-order chi connectivity index (χ0) is 30.8. The zero-order valence-electron chi connectivity index (χ0n) is 23.0. The summed E-state index contributed by atoms with van der Waals surface area (Å²) in [5, 5.41) is 18.2. The average molecular weight is 565 g/mol. The maximum atomic E-state index is 12.5. The van der Waals surface area contributed by atoms with E-state index in [1.807, 2.05) is 0 Å². The lowest BCUT2D eigenvalue weighted by atomic mass is 10.0. The van der Waals surface area contributed by atoms with Crippen LogP contribution in [0.1, 0.15) is 45.7 Å². The summed E-state index contributed by atoms with van der Waals surface area (Å²) >= 11 is 0. The molecule has 42 heavy (non-hydrogen) atoms. The maximum Gasteiger partial charge on any atom is 0.338 e. The number of carbonyl (C=O) groups is 4. The smallest absolute Gasteiger partial charge is 0.338 e. The van der Waals surface area contributed by atoms with Crippen LogP contribution in [0.4, 0.5) is 0 Å². The van der Waals surface area contributed by atoms with Gasteiger partial charge in [0.05, 0.1) is 0 Å². The number of rotatable bonds is 8. The molecule has 8 nitrogen and oxygen atoms in total. The number of ketones is 2. The molecule has 4 aromatic rings. The van der Waals surface area contributed by atoms with Crippen molar-refractivity contribution < 1.29 is 38.9 Å². The Balaban J connectivity index is 0.000000258. The molecule has 0 unspecified atom stereocenters. The zero-order valence-corrected chi connectivity index (χ0v) is 23.0. The van der Waals surface area contributed by atoms with E-state index in [1.54, 1.807) is 62.4 Å². The van der Waals surface area contributed by atoms with Crippen molar-refractivity contribution in [3.05, 3.63) is 144 Å². The van der Waals surface area contributed by atoms with E-state index in [-0.39, 0.29) is 34.2 Å². The first-order chi connectivity index (χ1) is 19.9. The molecule has 4 rings (SSSR count). The van der Waals surface area contributed by atoms with Gasteiger partial charge in [0.15, 0.2) is 11.6 Å². The van der Waals surface area contributed by atoms with Gasteiger partial charge in [0, 0.05) is 33.4 Å². The highest BCUT2D eigenvalue weighted by atomic mass is 16.5. The van der Waals surface area contributed by atoms with Gasteiger partial charge in [0.25, 0.3) is 0 Å². The Labute approximate surface area is 242 Å². The quantitative estimate of drug-likeness (QED) is 0.112. The van der Waals surface area contributed by atoms with Gasteiger partial charge in [-0.1, -0.05) is 13.2 Å². The molecular weight excluding hydrogens is 536 g/mol. The minimum absolute atomic E-state index is 0.127. The molecule has 0 saturated carbocycles. The molecule has 0 aliphatic heterocycles. The maximum absolute atomic E-state index is 12.5. The van der Waals surface area contributed by atoms with Crippen molar-refractivity contribution in [3.8, 4) is 23.0 Å². The van der Waals surface area contributed by atoms with Gasteiger partial charge in [-0.05, 0) is 111 Å². The first kappa shape index (κ1) is 30.8. The van der Waals surface area contributed by atoms with Crippen LogP contribution in [0.2, 0.25) is 0 Å². The normalized spacial score (nSPS) is 9.95. The van der Waals surface area contributed by atoms with E-state index in [9.17, 15) is 19.2 Å². The SMILES string of the molecule is C=C(C)C(=O)Oc1ccc(C(=O)c2ccc(OC(=O)C(=C)C)cc2)cc1.O=C(c1ccc(O)cc1)c1ccc(O)cc1. The molecule has 0 spiro atoms. The van der Waals surface area contributed by atoms with Crippen molar-refractivity contribution in [2.24, 2.45) is 0 Å². The minimum Gasteiger partial charge on any atom is -0.508 e. The van der Waals surface area contributed by atoms with Crippen molar-refractivity contribution >= 4 is 23.5 Å². The molecule has 0 aliphatic rings. The van der Waals surface area contributed by atoms with Crippen LogP contribution < -0.4 is 9.47 Å². The first-order valence-corrected chi connectivity index (χ1v) is 12.6. The molecule has 0 atom stereocenters. The van der Waals surface area contributed by atoms with Gasteiger partial charge in [-0.15, -0.1) is 0 Å². The Bertz CT molecular complexity index is 1490. The van der Waals surface area contributed by atoms with E-state index in [4.69, 9.17) is 19.7 Å². The summed E-state index contributed by atoms with van der Waals surface area (Å²) in [5.74, 6) is -0.480. The van der Waals surface area contributed by atoms with Crippen molar-refractivity contribution in [3.63, 3.8) is 0 Å². The summed E-state index contributed by atoms with van der Waals surface area (Å²) in [6.07, 6.45) is 0. The predicted molar refractivity (Wildman–Crippen MR) is 157 cm³/mol. The highest BCUT2D eigenvalue weighted by molar-refractivity contribution is 6.09. The van der Waals surface area contributed by atoms with Crippen LogP contribution >= 0.6 is 0 Å². The van der Waals surface area contributed by atoms with Crippen molar-refractivity contribution in [1.82, 2.24) is 0 Å². The second kappa shape index (κ2) is 14.0. The van der Waals surface area contributed by atoms with Crippen LogP contribution in [0.15, 0.2) is 121 Å². The van der Waals surface area contributed by atoms with Crippen LogP contribution in [-0.2, 0) is 9.59 Å². The van der Waals surface area contributed by atoms with Crippen molar-refractivity contribution in [2.75, 3.05) is 0 Å². The second-order valence-corrected chi connectivity index (χ2v) is 9.14. The van der Waals surface area contributed by atoms with Crippen LogP contribution in [0.5, 0.6) is 23.0 Å². The number of hydrogen-bond donors (Lipinski definition) is 2. The number of hydrogen-bond acceptors (Lipinski definition) is 8. The third-order valence-electron chi connectivity index (χ3n) is 5.61. The number of aromatic hydroxyl groups is 2. The summed E-state index contributed by atoms with van der Waals surface area (Å²) in [4.78, 5) is 47.3. The lowest BCUT2D eigenvalue weighted by Gasteiger charge is -2.07. The van der Waals surface area contributed by atoms with E-state index in [0.29, 0.717) is 33.8 Å². The second-order valence-electron chi connectivity index (χ2n) is 9.14. The topological polar surface area (TPSA) is 127 Å². The van der Waals surface area contributed by atoms with Gasteiger partial charge in [-0.3, -0.25) is 9.59 Å². The summed E-state index contributed by atoms with van der Waals surface area (Å²) < 4.78 is 10.2. The third kappa shape index (κ3) is 8.62. The molecule has 8 heteroatoms. The summed E-state index contributed by atoms with van der Waals surface area (Å²) in [7, 11) is 0. The van der Waals surface area contributed by atoms with Crippen LogP contribution in [0, 0.1) is 0 Å². The number of esters is 2. The number of carbonyl (C=O) groups excluding carboxylic acids is 4. The Kier molecular flexibility index (Phi) is 10.3. The molecule has 0 aliphatic carbocycles.